The fourth-order valence-corrected chi connectivity index (χ4v) is 3.45. The number of morpholine rings is 1. The van der Waals surface area contributed by atoms with Gasteiger partial charge in [0.2, 0.25) is 0 Å². The van der Waals surface area contributed by atoms with E-state index in [2.05, 4.69) is 48.3 Å². The van der Waals surface area contributed by atoms with Crippen LogP contribution in [0.3, 0.4) is 0 Å². The summed E-state index contributed by atoms with van der Waals surface area (Å²) >= 11 is 0. The second-order valence-corrected chi connectivity index (χ2v) is 7.14. The second kappa shape index (κ2) is 8.81. The van der Waals surface area contributed by atoms with Crippen LogP contribution in [0, 0.1) is 11.3 Å². The van der Waals surface area contributed by atoms with E-state index in [0.717, 1.165) is 25.2 Å². The summed E-state index contributed by atoms with van der Waals surface area (Å²) in [6, 6.07) is 17.1. The summed E-state index contributed by atoms with van der Waals surface area (Å²) in [6.07, 6.45) is 0.533. The highest BCUT2D eigenvalue weighted by Gasteiger charge is 2.21. The summed E-state index contributed by atoms with van der Waals surface area (Å²) in [6.45, 7) is 7.49. The third-order valence-electron chi connectivity index (χ3n) is 4.63. The van der Waals surface area contributed by atoms with Crippen molar-refractivity contribution in [2.24, 2.45) is 0 Å². The number of nitriles is 1. The summed E-state index contributed by atoms with van der Waals surface area (Å²) in [5.74, 6) is -0.174. The molecule has 1 aliphatic heterocycles. The Hall–Kier alpha value is -2.68. The molecular weight excluding hydrogens is 338 g/mol. The molecule has 2 aromatic rings. The van der Waals surface area contributed by atoms with Gasteiger partial charge in [0.1, 0.15) is 0 Å². The van der Waals surface area contributed by atoms with Gasteiger partial charge in [-0.25, -0.2) is 0 Å². The van der Waals surface area contributed by atoms with Crippen molar-refractivity contribution >= 4 is 5.91 Å². The molecule has 1 heterocycles. The van der Waals surface area contributed by atoms with Gasteiger partial charge in [0.05, 0.1) is 23.8 Å². The smallest absolute Gasteiger partial charge is 0.251 e. The topological polar surface area (TPSA) is 65.4 Å². The Kier molecular flexibility index (Phi) is 6.23. The van der Waals surface area contributed by atoms with Crippen molar-refractivity contribution in [2.45, 2.75) is 39.1 Å². The minimum Gasteiger partial charge on any atom is -0.373 e. The normalized spacial score (nSPS) is 20.0. The van der Waals surface area contributed by atoms with Gasteiger partial charge >= 0.3 is 0 Å². The Morgan fingerprint density at radius 2 is 1.81 bits per heavy atom. The molecule has 1 N–H and O–H groups in total. The van der Waals surface area contributed by atoms with E-state index in [1.807, 2.05) is 6.07 Å². The van der Waals surface area contributed by atoms with Gasteiger partial charge in [-0.2, -0.15) is 5.26 Å². The van der Waals surface area contributed by atoms with Crippen molar-refractivity contribution < 1.29 is 9.53 Å². The first-order valence-corrected chi connectivity index (χ1v) is 9.27. The lowest BCUT2D eigenvalue weighted by atomic mass is 10.1. The molecule has 1 fully saturated rings. The number of nitrogens with zero attached hydrogens (tertiary/aromatic N) is 2. The van der Waals surface area contributed by atoms with E-state index in [-0.39, 0.29) is 18.1 Å². The minimum absolute atomic E-state index is 0.174. The number of ether oxygens (including phenoxy) is 1. The molecule has 2 aromatic carbocycles. The molecule has 5 nitrogen and oxygen atoms in total. The van der Waals surface area contributed by atoms with Crippen LogP contribution in [0.1, 0.15) is 40.9 Å². The molecule has 2 unspecified atom stereocenters. The number of carbonyl (C=O) groups excluding carboxylic acids is 1. The minimum atomic E-state index is -0.174. The van der Waals surface area contributed by atoms with Crippen LogP contribution in [0.4, 0.5) is 0 Å². The zero-order valence-electron chi connectivity index (χ0n) is 15.8. The lowest BCUT2D eigenvalue weighted by molar-refractivity contribution is -0.0704. The molecule has 5 heteroatoms. The largest absolute Gasteiger partial charge is 0.373 e. The number of carbonyl (C=O) groups is 1. The van der Waals surface area contributed by atoms with Crippen LogP contribution in [0.5, 0.6) is 0 Å². The molecule has 1 saturated heterocycles. The van der Waals surface area contributed by atoms with E-state index in [1.54, 1.807) is 24.3 Å². The number of rotatable bonds is 5. The van der Waals surface area contributed by atoms with E-state index in [4.69, 9.17) is 10.00 Å². The van der Waals surface area contributed by atoms with Crippen LogP contribution < -0.4 is 5.32 Å². The Morgan fingerprint density at radius 3 is 2.48 bits per heavy atom. The molecule has 0 aromatic heterocycles. The third kappa shape index (κ3) is 5.40. The van der Waals surface area contributed by atoms with Crippen LogP contribution in [0.2, 0.25) is 0 Å². The molecule has 0 spiro atoms. The summed E-state index contributed by atoms with van der Waals surface area (Å²) in [4.78, 5) is 14.7. The average molecular weight is 363 g/mol. The van der Waals surface area contributed by atoms with Gasteiger partial charge in [-0.05, 0) is 43.2 Å². The molecular formula is C22H25N3O2. The molecule has 3 rings (SSSR count). The molecule has 1 amide bonds. The zero-order chi connectivity index (χ0) is 19.2. The van der Waals surface area contributed by atoms with E-state index in [9.17, 15) is 4.79 Å². The van der Waals surface area contributed by atoms with Gasteiger partial charge in [-0.1, -0.05) is 30.3 Å². The van der Waals surface area contributed by atoms with Crippen LogP contribution in [-0.2, 0) is 17.8 Å². The van der Waals surface area contributed by atoms with Crippen molar-refractivity contribution in [3.63, 3.8) is 0 Å². The Balaban J connectivity index is 1.53. The highest BCUT2D eigenvalue weighted by molar-refractivity contribution is 5.94. The van der Waals surface area contributed by atoms with Crippen LogP contribution in [-0.4, -0.2) is 36.1 Å². The van der Waals surface area contributed by atoms with E-state index < -0.39 is 0 Å². The molecule has 1 aliphatic rings. The Morgan fingerprint density at radius 1 is 1.15 bits per heavy atom. The fraction of sp³-hybridized carbons (Fsp3) is 0.364. The first-order chi connectivity index (χ1) is 13.0. The molecule has 27 heavy (non-hydrogen) atoms. The van der Waals surface area contributed by atoms with Crippen LogP contribution in [0.25, 0.3) is 0 Å². The molecule has 0 bridgehead atoms. The van der Waals surface area contributed by atoms with Crippen molar-refractivity contribution in [1.82, 2.24) is 10.2 Å². The van der Waals surface area contributed by atoms with Gasteiger partial charge in [0.15, 0.2) is 0 Å². The lowest BCUT2D eigenvalue weighted by Gasteiger charge is -2.35. The summed E-state index contributed by atoms with van der Waals surface area (Å²) in [7, 11) is 0. The quantitative estimate of drug-likeness (QED) is 0.886. The fourth-order valence-electron chi connectivity index (χ4n) is 3.45. The van der Waals surface area contributed by atoms with Gasteiger partial charge in [-0.3, -0.25) is 9.69 Å². The Labute approximate surface area is 160 Å². The number of hydrogen-bond donors (Lipinski definition) is 1. The molecule has 140 valence electrons. The standard InChI is InChI=1S/C22H25N3O2/c1-16-13-25(14-17(2)27-16)15-19-8-6-18(7-9-19)12-24-22(26)21-5-3-4-20(10-21)11-23/h3-10,16-17H,12-15H2,1-2H3,(H,24,26). The highest BCUT2D eigenvalue weighted by Crippen LogP contribution is 2.15. The third-order valence-corrected chi connectivity index (χ3v) is 4.63. The van der Waals surface area contributed by atoms with Crippen molar-refractivity contribution in [2.75, 3.05) is 13.1 Å². The highest BCUT2D eigenvalue weighted by atomic mass is 16.5. The summed E-state index contributed by atoms with van der Waals surface area (Å²) < 4.78 is 5.78. The maximum atomic E-state index is 12.2. The summed E-state index contributed by atoms with van der Waals surface area (Å²) in [5.41, 5.74) is 3.29. The lowest BCUT2D eigenvalue weighted by Crippen LogP contribution is -2.44. The zero-order valence-corrected chi connectivity index (χ0v) is 15.8. The van der Waals surface area contributed by atoms with E-state index in [0.29, 0.717) is 17.7 Å². The number of nitrogens with one attached hydrogen (secondary N) is 1. The van der Waals surface area contributed by atoms with Crippen molar-refractivity contribution in [3.05, 3.63) is 70.8 Å². The molecule has 2 atom stereocenters. The van der Waals surface area contributed by atoms with Gasteiger partial charge in [0, 0.05) is 31.7 Å². The van der Waals surface area contributed by atoms with Gasteiger partial charge < -0.3 is 10.1 Å². The number of benzene rings is 2. The number of hydrogen-bond acceptors (Lipinski definition) is 4. The SMILES string of the molecule is CC1CN(Cc2ccc(CNC(=O)c3cccc(C#N)c3)cc2)CC(C)O1. The average Bonchev–Trinajstić information content (AvgIpc) is 2.66. The predicted molar refractivity (Wildman–Crippen MR) is 104 cm³/mol. The monoisotopic (exact) mass is 363 g/mol. The van der Waals surface area contributed by atoms with Gasteiger partial charge in [-0.15, -0.1) is 0 Å². The van der Waals surface area contributed by atoms with Gasteiger partial charge in [0.25, 0.3) is 5.91 Å². The Bertz CT molecular complexity index is 816. The second-order valence-electron chi connectivity index (χ2n) is 7.14. The van der Waals surface area contributed by atoms with Crippen molar-refractivity contribution in [1.29, 1.82) is 5.26 Å². The summed E-state index contributed by atoms with van der Waals surface area (Å²) in [5, 5.41) is 11.8. The molecule has 0 saturated carbocycles. The van der Waals surface area contributed by atoms with Crippen LogP contribution in [0.15, 0.2) is 48.5 Å². The van der Waals surface area contributed by atoms with E-state index >= 15 is 0 Å². The first kappa shape index (κ1) is 19.1. The molecule has 0 radical (unpaired) electrons. The van der Waals surface area contributed by atoms with E-state index in [1.165, 1.54) is 5.56 Å². The molecule has 0 aliphatic carbocycles. The first-order valence-electron chi connectivity index (χ1n) is 9.27. The number of amides is 1. The van der Waals surface area contributed by atoms with Crippen LogP contribution >= 0.6 is 0 Å². The van der Waals surface area contributed by atoms with Crippen molar-refractivity contribution in [3.8, 4) is 6.07 Å². The maximum Gasteiger partial charge on any atom is 0.251 e. The predicted octanol–water partition coefficient (Wildman–Crippen LogP) is 3.10. The maximum absolute atomic E-state index is 12.2.